The lowest BCUT2D eigenvalue weighted by molar-refractivity contribution is -0.136. The molecule has 1 fully saturated rings. The van der Waals surface area contributed by atoms with E-state index in [0.29, 0.717) is 25.1 Å². The van der Waals surface area contributed by atoms with Crippen molar-refractivity contribution in [1.82, 2.24) is 15.0 Å². The van der Waals surface area contributed by atoms with Crippen molar-refractivity contribution in [2.24, 2.45) is 0 Å². The second-order valence-electron chi connectivity index (χ2n) is 7.76. The van der Waals surface area contributed by atoms with Crippen LogP contribution in [0.2, 0.25) is 0 Å². The summed E-state index contributed by atoms with van der Waals surface area (Å²) in [5.74, 6) is 0.226. The highest BCUT2D eigenvalue weighted by Crippen LogP contribution is 2.40. The minimum atomic E-state index is -4.55. The van der Waals surface area contributed by atoms with Gasteiger partial charge in [-0.05, 0) is 43.5 Å². The van der Waals surface area contributed by atoms with Crippen LogP contribution in [0.5, 0.6) is 5.75 Å². The van der Waals surface area contributed by atoms with Gasteiger partial charge < -0.3 is 14.2 Å². The Balaban J connectivity index is 1.59. The standard InChI is InChI=1S/C22H22F3N3O3/c1-13-9-17(22(23,24)25)19-20(27-31-21(19)26-13)15-6-4-8-28(12-15)18(29)11-14-5-3-7-16(10-14)30-2/h3,5,7,9-10,15H,4,6,8,11-12H2,1-2H3. The minimum Gasteiger partial charge on any atom is -0.497 e. The Labute approximate surface area is 177 Å². The number of hydrogen-bond acceptors (Lipinski definition) is 5. The summed E-state index contributed by atoms with van der Waals surface area (Å²) in [6.45, 7) is 2.32. The Morgan fingerprint density at radius 1 is 1.32 bits per heavy atom. The van der Waals surface area contributed by atoms with E-state index in [1.165, 1.54) is 6.92 Å². The molecular formula is C22H22F3N3O3. The SMILES string of the molecule is COc1cccc(CC(=O)N2CCCC(c3noc4nc(C)cc(C(F)(F)F)c34)C2)c1. The molecule has 2 aromatic heterocycles. The van der Waals surface area contributed by atoms with Crippen molar-refractivity contribution in [1.29, 1.82) is 0 Å². The van der Waals surface area contributed by atoms with E-state index in [-0.39, 0.29) is 47.3 Å². The average Bonchev–Trinajstić information content (AvgIpc) is 3.16. The van der Waals surface area contributed by atoms with Gasteiger partial charge in [-0.25, -0.2) is 4.98 Å². The Hall–Kier alpha value is -3.10. The third kappa shape index (κ3) is 4.35. The van der Waals surface area contributed by atoms with Gasteiger partial charge in [0.2, 0.25) is 5.91 Å². The van der Waals surface area contributed by atoms with Gasteiger partial charge in [0.25, 0.3) is 5.71 Å². The number of rotatable bonds is 4. The molecule has 3 heterocycles. The van der Waals surface area contributed by atoms with Crippen LogP contribution in [0.3, 0.4) is 0 Å². The van der Waals surface area contributed by atoms with Crippen LogP contribution in [-0.4, -0.2) is 41.1 Å². The fraction of sp³-hybridized carbons (Fsp3) is 0.409. The highest BCUT2D eigenvalue weighted by Gasteiger charge is 2.38. The number of nitrogens with zero attached hydrogens (tertiary/aromatic N) is 3. The van der Waals surface area contributed by atoms with Crippen LogP contribution in [0, 0.1) is 6.92 Å². The molecule has 0 spiro atoms. The van der Waals surface area contributed by atoms with E-state index < -0.39 is 11.7 Å². The topological polar surface area (TPSA) is 68.5 Å². The normalized spacial score (nSPS) is 17.2. The van der Waals surface area contributed by atoms with Crippen molar-refractivity contribution in [3.8, 4) is 5.75 Å². The zero-order valence-corrected chi connectivity index (χ0v) is 17.2. The summed E-state index contributed by atoms with van der Waals surface area (Å²) in [6, 6.07) is 8.27. The first-order valence-electron chi connectivity index (χ1n) is 10.0. The summed E-state index contributed by atoms with van der Waals surface area (Å²) in [5, 5.41) is 3.84. The second-order valence-corrected chi connectivity index (χ2v) is 7.76. The molecule has 1 aliphatic heterocycles. The van der Waals surface area contributed by atoms with E-state index in [1.807, 2.05) is 12.1 Å². The second kappa shape index (κ2) is 8.20. The molecule has 0 aliphatic carbocycles. The molecule has 6 nitrogen and oxygen atoms in total. The predicted molar refractivity (Wildman–Crippen MR) is 107 cm³/mol. The molecule has 31 heavy (non-hydrogen) atoms. The first-order valence-corrected chi connectivity index (χ1v) is 10.0. The number of fused-ring (bicyclic) bond motifs is 1. The number of aryl methyl sites for hydroxylation is 1. The largest absolute Gasteiger partial charge is 0.497 e. The average molecular weight is 433 g/mol. The molecule has 1 unspecified atom stereocenters. The molecule has 1 atom stereocenters. The quantitative estimate of drug-likeness (QED) is 0.606. The van der Waals surface area contributed by atoms with Crippen LogP contribution in [0.1, 0.15) is 41.3 Å². The van der Waals surface area contributed by atoms with Gasteiger partial charge in [-0.3, -0.25) is 4.79 Å². The summed E-state index contributed by atoms with van der Waals surface area (Å²) in [5.41, 5.74) is 0.320. The van der Waals surface area contributed by atoms with Gasteiger partial charge in [0.05, 0.1) is 30.2 Å². The van der Waals surface area contributed by atoms with Gasteiger partial charge in [0, 0.05) is 24.7 Å². The van der Waals surface area contributed by atoms with Crippen LogP contribution in [0.15, 0.2) is 34.9 Å². The third-order valence-corrected chi connectivity index (χ3v) is 5.56. The lowest BCUT2D eigenvalue weighted by Crippen LogP contribution is -2.40. The molecule has 1 saturated heterocycles. The number of likely N-dealkylation sites (tertiary alicyclic amines) is 1. The maximum absolute atomic E-state index is 13.7. The van der Waals surface area contributed by atoms with Gasteiger partial charge in [-0.15, -0.1) is 0 Å². The number of carbonyl (C=O) groups excluding carboxylic acids is 1. The maximum Gasteiger partial charge on any atom is 0.417 e. The van der Waals surface area contributed by atoms with Gasteiger partial charge in [0.15, 0.2) is 0 Å². The van der Waals surface area contributed by atoms with Crippen molar-refractivity contribution in [3.05, 3.63) is 52.8 Å². The number of carbonyl (C=O) groups is 1. The van der Waals surface area contributed by atoms with E-state index in [4.69, 9.17) is 9.26 Å². The molecular weight excluding hydrogens is 411 g/mol. The summed E-state index contributed by atoms with van der Waals surface area (Å²) >= 11 is 0. The number of hydrogen-bond donors (Lipinski definition) is 0. The van der Waals surface area contributed by atoms with Crippen LogP contribution < -0.4 is 4.74 Å². The Bertz CT molecular complexity index is 1110. The van der Waals surface area contributed by atoms with Crippen molar-refractivity contribution >= 4 is 17.0 Å². The molecule has 3 aromatic rings. The molecule has 1 aliphatic rings. The van der Waals surface area contributed by atoms with Gasteiger partial charge in [-0.2, -0.15) is 13.2 Å². The lowest BCUT2D eigenvalue weighted by Gasteiger charge is -2.32. The molecule has 164 valence electrons. The van der Waals surface area contributed by atoms with Crippen LogP contribution in [-0.2, 0) is 17.4 Å². The molecule has 0 bridgehead atoms. The third-order valence-electron chi connectivity index (χ3n) is 5.56. The number of pyridine rings is 1. The van der Waals surface area contributed by atoms with Crippen LogP contribution >= 0.6 is 0 Å². The first kappa shape index (κ1) is 21.1. The zero-order valence-electron chi connectivity index (χ0n) is 17.2. The van der Waals surface area contributed by atoms with Gasteiger partial charge in [-0.1, -0.05) is 17.3 Å². The van der Waals surface area contributed by atoms with Crippen molar-refractivity contribution < 1.29 is 27.2 Å². The molecule has 9 heteroatoms. The highest BCUT2D eigenvalue weighted by atomic mass is 19.4. The molecule has 1 aromatic carbocycles. The number of piperidine rings is 1. The number of alkyl halides is 3. The Morgan fingerprint density at radius 3 is 2.87 bits per heavy atom. The van der Waals surface area contributed by atoms with Crippen molar-refractivity contribution in [2.45, 2.75) is 38.3 Å². The van der Waals surface area contributed by atoms with E-state index >= 15 is 0 Å². The summed E-state index contributed by atoms with van der Waals surface area (Å²) in [4.78, 5) is 18.6. The zero-order chi connectivity index (χ0) is 22.2. The van der Waals surface area contributed by atoms with E-state index in [0.717, 1.165) is 11.6 Å². The monoisotopic (exact) mass is 433 g/mol. The Morgan fingerprint density at radius 2 is 2.13 bits per heavy atom. The number of halogens is 3. The number of ether oxygens (including phenoxy) is 1. The lowest BCUT2D eigenvalue weighted by atomic mass is 9.91. The van der Waals surface area contributed by atoms with Gasteiger partial charge in [0.1, 0.15) is 5.75 Å². The molecule has 1 amide bonds. The van der Waals surface area contributed by atoms with Gasteiger partial charge >= 0.3 is 6.18 Å². The summed E-state index contributed by atoms with van der Waals surface area (Å²) in [6.07, 6.45) is -3.07. The summed E-state index contributed by atoms with van der Waals surface area (Å²) < 4.78 is 51.3. The number of methoxy groups -OCH3 is 1. The minimum absolute atomic E-state index is 0.0873. The Kier molecular flexibility index (Phi) is 5.60. The fourth-order valence-electron chi connectivity index (χ4n) is 4.09. The molecule has 4 rings (SSSR count). The molecule has 0 N–H and O–H groups in total. The predicted octanol–water partition coefficient (Wildman–Crippen LogP) is 4.51. The first-order chi connectivity index (χ1) is 14.8. The smallest absolute Gasteiger partial charge is 0.417 e. The van der Waals surface area contributed by atoms with E-state index in [9.17, 15) is 18.0 Å². The number of aromatic nitrogens is 2. The van der Waals surface area contributed by atoms with E-state index in [1.54, 1.807) is 24.1 Å². The fourth-order valence-corrected chi connectivity index (χ4v) is 4.09. The molecule has 0 saturated carbocycles. The van der Waals surface area contributed by atoms with E-state index in [2.05, 4.69) is 10.1 Å². The molecule has 0 radical (unpaired) electrons. The number of benzene rings is 1. The summed E-state index contributed by atoms with van der Waals surface area (Å²) in [7, 11) is 1.56. The van der Waals surface area contributed by atoms with Crippen molar-refractivity contribution in [3.63, 3.8) is 0 Å². The van der Waals surface area contributed by atoms with Crippen molar-refractivity contribution in [2.75, 3.05) is 20.2 Å². The maximum atomic E-state index is 13.7. The number of amides is 1. The highest BCUT2D eigenvalue weighted by molar-refractivity contribution is 5.82. The van der Waals surface area contributed by atoms with Crippen LogP contribution in [0.25, 0.3) is 11.1 Å². The van der Waals surface area contributed by atoms with Crippen LogP contribution in [0.4, 0.5) is 13.2 Å².